The number of rotatable bonds is 6. The van der Waals surface area contributed by atoms with Crippen molar-refractivity contribution in [2.45, 2.75) is 33.1 Å². The fourth-order valence-corrected chi connectivity index (χ4v) is 2.20. The van der Waals surface area contributed by atoms with Gasteiger partial charge in [0.05, 0.1) is 6.54 Å². The van der Waals surface area contributed by atoms with Gasteiger partial charge in [-0.3, -0.25) is 9.69 Å². The highest BCUT2D eigenvalue weighted by Gasteiger charge is 2.20. The largest absolute Gasteiger partial charge is 0.396 e. The van der Waals surface area contributed by atoms with Crippen molar-refractivity contribution in [3.05, 3.63) is 0 Å². The highest BCUT2D eigenvalue weighted by Crippen LogP contribution is 2.15. The first kappa shape index (κ1) is 14.5. The zero-order chi connectivity index (χ0) is 12.7. The zero-order valence-corrected chi connectivity index (χ0v) is 11.1. The molecule has 1 amide bonds. The molecule has 2 N–H and O–H groups in total. The molecule has 1 fully saturated rings. The second-order valence-electron chi connectivity index (χ2n) is 5.46. The van der Waals surface area contributed by atoms with E-state index >= 15 is 0 Å². The van der Waals surface area contributed by atoms with E-state index in [2.05, 4.69) is 24.1 Å². The van der Waals surface area contributed by atoms with Crippen LogP contribution in [-0.4, -0.2) is 48.7 Å². The lowest BCUT2D eigenvalue weighted by Crippen LogP contribution is -2.43. The minimum atomic E-state index is 0.115. The maximum Gasteiger partial charge on any atom is 0.234 e. The lowest BCUT2D eigenvalue weighted by Gasteiger charge is -2.31. The first-order valence-electron chi connectivity index (χ1n) is 6.71. The number of piperidine rings is 1. The maximum absolute atomic E-state index is 11.7. The molecular weight excluding hydrogens is 216 g/mol. The molecule has 1 saturated heterocycles. The molecule has 0 saturated carbocycles. The Morgan fingerprint density at radius 3 is 2.94 bits per heavy atom. The summed E-state index contributed by atoms with van der Waals surface area (Å²) in [4.78, 5) is 13.8. The van der Waals surface area contributed by atoms with Gasteiger partial charge in [0.2, 0.25) is 5.91 Å². The molecule has 4 heteroatoms. The van der Waals surface area contributed by atoms with Crippen LogP contribution in [0.1, 0.15) is 33.1 Å². The van der Waals surface area contributed by atoms with E-state index in [4.69, 9.17) is 5.11 Å². The fourth-order valence-electron chi connectivity index (χ4n) is 2.20. The van der Waals surface area contributed by atoms with E-state index in [1.165, 1.54) is 0 Å². The van der Waals surface area contributed by atoms with Crippen LogP contribution in [0, 0.1) is 11.8 Å². The Morgan fingerprint density at radius 1 is 1.53 bits per heavy atom. The van der Waals surface area contributed by atoms with E-state index < -0.39 is 0 Å². The minimum absolute atomic E-state index is 0.115. The van der Waals surface area contributed by atoms with Crippen molar-refractivity contribution in [3.63, 3.8) is 0 Å². The van der Waals surface area contributed by atoms with E-state index in [1.807, 2.05) is 0 Å². The van der Waals surface area contributed by atoms with Gasteiger partial charge in [-0.2, -0.15) is 0 Å². The lowest BCUT2D eigenvalue weighted by molar-refractivity contribution is -0.122. The van der Waals surface area contributed by atoms with Gasteiger partial charge in [-0.15, -0.1) is 0 Å². The molecule has 0 aromatic heterocycles. The number of carbonyl (C=O) groups excluding carboxylic acids is 1. The summed E-state index contributed by atoms with van der Waals surface area (Å²) in [5, 5.41) is 12.1. The minimum Gasteiger partial charge on any atom is -0.396 e. The average Bonchev–Trinajstić information content (AvgIpc) is 2.28. The summed E-state index contributed by atoms with van der Waals surface area (Å²) in [6, 6.07) is 0. The van der Waals surface area contributed by atoms with E-state index in [0.29, 0.717) is 18.4 Å². The number of aliphatic hydroxyl groups excluding tert-OH is 1. The Hall–Kier alpha value is -0.610. The summed E-state index contributed by atoms with van der Waals surface area (Å²) >= 11 is 0. The van der Waals surface area contributed by atoms with Crippen LogP contribution >= 0.6 is 0 Å². The number of carbonyl (C=O) groups is 1. The lowest BCUT2D eigenvalue weighted by atomic mass is 9.99. The summed E-state index contributed by atoms with van der Waals surface area (Å²) in [7, 11) is 0. The molecule has 17 heavy (non-hydrogen) atoms. The van der Waals surface area contributed by atoms with E-state index in [1.54, 1.807) is 0 Å². The molecule has 0 unspecified atom stereocenters. The van der Waals surface area contributed by atoms with Crippen LogP contribution < -0.4 is 5.32 Å². The quantitative estimate of drug-likeness (QED) is 0.726. The number of amides is 1. The van der Waals surface area contributed by atoms with Gasteiger partial charge in [0.1, 0.15) is 0 Å². The van der Waals surface area contributed by atoms with E-state index in [-0.39, 0.29) is 12.5 Å². The summed E-state index contributed by atoms with van der Waals surface area (Å²) in [5.74, 6) is 1.10. The number of hydrogen-bond donors (Lipinski definition) is 2. The van der Waals surface area contributed by atoms with E-state index in [0.717, 1.165) is 38.9 Å². The molecular formula is C13H26N2O2. The molecule has 0 aromatic carbocycles. The van der Waals surface area contributed by atoms with Gasteiger partial charge in [0.25, 0.3) is 0 Å². The van der Waals surface area contributed by atoms with E-state index in [9.17, 15) is 4.79 Å². The molecule has 1 heterocycles. The van der Waals surface area contributed by atoms with Crippen molar-refractivity contribution in [3.8, 4) is 0 Å². The van der Waals surface area contributed by atoms with Crippen LogP contribution in [-0.2, 0) is 4.79 Å². The molecule has 1 aliphatic rings. The van der Waals surface area contributed by atoms with Gasteiger partial charge >= 0.3 is 0 Å². The van der Waals surface area contributed by atoms with Crippen molar-refractivity contribution < 1.29 is 9.90 Å². The number of aliphatic hydroxyl groups is 1. The Morgan fingerprint density at radius 2 is 2.29 bits per heavy atom. The Labute approximate surface area is 104 Å². The van der Waals surface area contributed by atoms with Crippen LogP contribution in [0.2, 0.25) is 0 Å². The van der Waals surface area contributed by atoms with Gasteiger partial charge in [-0.1, -0.05) is 13.8 Å². The average molecular weight is 242 g/mol. The van der Waals surface area contributed by atoms with Gasteiger partial charge in [0, 0.05) is 19.7 Å². The first-order chi connectivity index (χ1) is 8.11. The number of likely N-dealkylation sites (tertiary alicyclic amines) is 1. The number of nitrogens with zero attached hydrogens (tertiary/aromatic N) is 1. The zero-order valence-electron chi connectivity index (χ0n) is 11.1. The SMILES string of the molecule is CC(C)CCNC(=O)CN1CCC[C@@H](CO)C1. The fraction of sp³-hybridized carbons (Fsp3) is 0.923. The predicted molar refractivity (Wildman–Crippen MR) is 68.7 cm³/mol. The van der Waals surface area contributed by atoms with Crippen molar-refractivity contribution in [2.24, 2.45) is 11.8 Å². The molecule has 0 radical (unpaired) electrons. The Balaban J connectivity index is 2.17. The third-order valence-electron chi connectivity index (χ3n) is 3.27. The predicted octanol–water partition coefficient (Wildman–Crippen LogP) is 0.853. The first-order valence-corrected chi connectivity index (χ1v) is 6.71. The summed E-state index contributed by atoms with van der Waals surface area (Å²) in [5.41, 5.74) is 0. The second-order valence-corrected chi connectivity index (χ2v) is 5.46. The molecule has 0 spiro atoms. The highest BCUT2D eigenvalue weighted by atomic mass is 16.3. The monoisotopic (exact) mass is 242 g/mol. The molecule has 1 rings (SSSR count). The van der Waals surface area contributed by atoms with Crippen LogP contribution in [0.3, 0.4) is 0 Å². The molecule has 4 nitrogen and oxygen atoms in total. The van der Waals surface area contributed by atoms with Crippen LogP contribution in [0.4, 0.5) is 0 Å². The smallest absolute Gasteiger partial charge is 0.234 e. The molecule has 0 aromatic rings. The number of nitrogens with one attached hydrogen (secondary N) is 1. The molecule has 1 atom stereocenters. The molecule has 0 bridgehead atoms. The second kappa shape index (κ2) is 7.67. The van der Waals surface area contributed by atoms with Gasteiger partial charge in [-0.25, -0.2) is 0 Å². The van der Waals surface area contributed by atoms with Crippen molar-refractivity contribution in [1.82, 2.24) is 10.2 Å². The van der Waals surface area contributed by atoms with Crippen LogP contribution in [0.5, 0.6) is 0 Å². The van der Waals surface area contributed by atoms with Crippen LogP contribution in [0.15, 0.2) is 0 Å². The summed E-state index contributed by atoms with van der Waals surface area (Å²) in [6.07, 6.45) is 3.21. The van der Waals surface area contributed by atoms with Crippen LogP contribution in [0.25, 0.3) is 0 Å². The van der Waals surface area contributed by atoms with Gasteiger partial charge < -0.3 is 10.4 Å². The number of hydrogen-bond acceptors (Lipinski definition) is 3. The van der Waals surface area contributed by atoms with Crippen molar-refractivity contribution in [2.75, 3.05) is 32.8 Å². The third-order valence-corrected chi connectivity index (χ3v) is 3.27. The standard InChI is InChI=1S/C13H26N2O2/c1-11(2)5-6-14-13(17)9-15-7-3-4-12(8-15)10-16/h11-12,16H,3-10H2,1-2H3,(H,14,17)/t12-/m1/s1. The molecule has 0 aliphatic carbocycles. The Bertz CT molecular complexity index is 231. The highest BCUT2D eigenvalue weighted by molar-refractivity contribution is 5.77. The normalized spacial score (nSPS) is 21.8. The Kier molecular flexibility index (Phi) is 6.52. The maximum atomic E-state index is 11.7. The third kappa shape index (κ3) is 6.03. The van der Waals surface area contributed by atoms with Gasteiger partial charge in [-0.05, 0) is 37.6 Å². The van der Waals surface area contributed by atoms with Gasteiger partial charge in [0.15, 0.2) is 0 Å². The summed E-state index contributed by atoms with van der Waals surface area (Å²) < 4.78 is 0. The molecule has 1 aliphatic heterocycles. The summed E-state index contributed by atoms with van der Waals surface area (Å²) in [6.45, 7) is 7.64. The molecule has 100 valence electrons. The topological polar surface area (TPSA) is 52.6 Å². The van der Waals surface area contributed by atoms with Crippen molar-refractivity contribution >= 4 is 5.91 Å². The van der Waals surface area contributed by atoms with Crippen molar-refractivity contribution in [1.29, 1.82) is 0 Å².